The maximum absolute atomic E-state index is 5.98. The number of benzene rings is 1. The summed E-state index contributed by atoms with van der Waals surface area (Å²) in [5.74, 6) is 4.28. The molecule has 0 heterocycles. The Morgan fingerprint density at radius 2 is 1.88 bits per heavy atom. The summed E-state index contributed by atoms with van der Waals surface area (Å²) >= 11 is 7.67. The van der Waals surface area contributed by atoms with Crippen molar-refractivity contribution < 1.29 is 4.74 Å². The molecule has 1 aromatic rings. The van der Waals surface area contributed by atoms with E-state index in [2.05, 4.69) is 35.8 Å². The van der Waals surface area contributed by atoms with Gasteiger partial charge < -0.3 is 4.74 Å². The number of rotatable bonds is 4. The van der Waals surface area contributed by atoms with Gasteiger partial charge >= 0.3 is 0 Å². The molecule has 0 spiro atoms. The van der Waals surface area contributed by atoms with E-state index in [4.69, 9.17) is 16.3 Å². The molecule has 1 aliphatic rings. The van der Waals surface area contributed by atoms with Crippen molar-refractivity contribution in [3.05, 3.63) is 29.3 Å². The smallest absolute Gasteiger partial charge is 0.269 e. The maximum Gasteiger partial charge on any atom is 0.269 e. The molecule has 0 aromatic heterocycles. The zero-order chi connectivity index (χ0) is 17.4. The van der Waals surface area contributed by atoms with Gasteiger partial charge in [-0.1, -0.05) is 50.5 Å². The van der Waals surface area contributed by atoms with Crippen molar-refractivity contribution in [1.29, 1.82) is 0 Å². The predicted molar refractivity (Wildman–Crippen MR) is 110 cm³/mol. The molecule has 1 aromatic carbocycles. The molecule has 5 heteroatoms. The Bertz CT molecular complexity index is 607. The zero-order valence-corrected chi connectivity index (χ0v) is 17.3. The van der Waals surface area contributed by atoms with E-state index in [1.54, 1.807) is 11.2 Å². The predicted octanol–water partition coefficient (Wildman–Crippen LogP) is 6.50. The van der Waals surface area contributed by atoms with E-state index in [0.29, 0.717) is 16.8 Å². The maximum atomic E-state index is 5.98. The summed E-state index contributed by atoms with van der Waals surface area (Å²) in [6.45, 7) is 7.57. The first-order valence-electron chi connectivity index (χ1n) is 8.58. The Morgan fingerprint density at radius 1 is 1.21 bits per heavy atom. The molecule has 130 valence electrons. The van der Waals surface area contributed by atoms with Gasteiger partial charge in [0, 0.05) is 10.9 Å². The Morgan fingerprint density at radius 3 is 2.50 bits per heavy atom. The monoisotopic (exact) mass is 379 g/mol. The normalized spacial score (nSPS) is 16.4. The standard InChI is InChI=1S/C19H26ClNOSSi/c1-24(2,3)23-14-13-19(21-18-11-9-17(20)10-12-18)22-15-16-7-5-4-6-8-16/h9-12,16H,4-8,15H2,1-3H3. The van der Waals surface area contributed by atoms with Crippen LogP contribution in [-0.2, 0) is 4.74 Å². The third kappa shape index (κ3) is 7.79. The summed E-state index contributed by atoms with van der Waals surface area (Å²) in [7, 11) is -1.26. The van der Waals surface area contributed by atoms with Crippen molar-refractivity contribution in [3.63, 3.8) is 0 Å². The van der Waals surface area contributed by atoms with Crippen LogP contribution in [0.25, 0.3) is 0 Å². The lowest BCUT2D eigenvalue weighted by atomic mass is 9.90. The summed E-state index contributed by atoms with van der Waals surface area (Å²) in [6, 6.07) is 7.45. The average molecular weight is 380 g/mol. The van der Waals surface area contributed by atoms with Crippen molar-refractivity contribution in [2.75, 3.05) is 6.61 Å². The summed E-state index contributed by atoms with van der Waals surface area (Å²) in [4.78, 5) is 4.57. The topological polar surface area (TPSA) is 21.6 Å². The average Bonchev–Trinajstić information content (AvgIpc) is 2.54. The van der Waals surface area contributed by atoms with E-state index >= 15 is 0 Å². The third-order valence-corrected chi connectivity index (χ3v) is 6.96. The van der Waals surface area contributed by atoms with E-state index in [0.717, 1.165) is 12.3 Å². The summed E-state index contributed by atoms with van der Waals surface area (Å²) in [5.41, 5.74) is 0.824. The van der Waals surface area contributed by atoms with E-state index in [1.165, 1.54) is 32.1 Å². The van der Waals surface area contributed by atoms with Crippen LogP contribution >= 0.6 is 22.8 Å². The first-order chi connectivity index (χ1) is 11.4. The molecule has 2 nitrogen and oxygen atoms in total. The molecule has 0 radical (unpaired) electrons. The first-order valence-corrected chi connectivity index (χ1v) is 14.0. The Kier molecular flexibility index (Phi) is 7.74. The van der Waals surface area contributed by atoms with Crippen molar-refractivity contribution >= 4 is 41.6 Å². The van der Waals surface area contributed by atoms with E-state index in [1.807, 2.05) is 24.3 Å². The van der Waals surface area contributed by atoms with Crippen molar-refractivity contribution in [2.45, 2.75) is 51.7 Å². The minimum atomic E-state index is -1.26. The van der Waals surface area contributed by atoms with Crippen molar-refractivity contribution in [1.82, 2.24) is 0 Å². The fourth-order valence-corrected chi connectivity index (χ4v) is 4.14. The first kappa shape index (κ1) is 19.4. The molecule has 2 rings (SSSR count). The van der Waals surface area contributed by atoms with E-state index < -0.39 is 7.22 Å². The zero-order valence-electron chi connectivity index (χ0n) is 14.8. The van der Waals surface area contributed by atoms with Crippen LogP contribution in [0.4, 0.5) is 5.69 Å². The Balaban J connectivity index is 2.06. The lowest BCUT2D eigenvalue weighted by molar-refractivity contribution is 0.202. The molecule has 0 saturated heterocycles. The largest absolute Gasteiger partial charge is 0.471 e. The van der Waals surface area contributed by atoms with Crippen LogP contribution in [0.1, 0.15) is 32.1 Å². The van der Waals surface area contributed by atoms with Crippen LogP contribution < -0.4 is 0 Å². The fourth-order valence-electron chi connectivity index (χ4n) is 2.50. The summed E-state index contributed by atoms with van der Waals surface area (Å²) in [5, 5.41) is 3.90. The highest BCUT2D eigenvalue weighted by Crippen LogP contribution is 2.24. The van der Waals surface area contributed by atoms with Crippen LogP contribution in [0.5, 0.6) is 0 Å². The Labute approximate surface area is 156 Å². The summed E-state index contributed by atoms with van der Waals surface area (Å²) in [6.07, 6.45) is 6.50. The van der Waals surface area contributed by atoms with Crippen LogP contribution in [0.2, 0.25) is 24.7 Å². The minimum absolute atomic E-state index is 0.522. The molecule has 1 fully saturated rings. The van der Waals surface area contributed by atoms with Gasteiger partial charge in [-0.25, -0.2) is 4.99 Å². The molecule has 0 bridgehead atoms. The van der Waals surface area contributed by atoms with Crippen LogP contribution in [0.15, 0.2) is 29.3 Å². The third-order valence-electron chi connectivity index (χ3n) is 3.75. The molecular formula is C19H26ClNOSSi. The number of nitrogens with zero attached hydrogens (tertiary/aromatic N) is 1. The molecule has 0 unspecified atom stereocenters. The number of hydrogen-bond acceptors (Lipinski definition) is 3. The van der Waals surface area contributed by atoms with Crippen LogP contribution in [0.3, 0.4) is 0 Å². The van der Waals surface area contributed by atoms with Gasteiger partial charge in [-0.05, 0) is 48.3 Å². The quantitative estimate of drug-likeness (QED) is 0.258. The highest BCUT2D eigenvalue weighted by Gasteiger charge is 2.15. The van der Waals surface area contributed by atoms with E-state index in [-0.39, 0.29) is 0 Å². The summed E-state index contributed by atoms with van der Waals surface area (Å²) < 4.78 is 5.98. The molecule has 0 N–H and O–H groups in total. The van der Waals surface area contributed by atoms with Gasteiger partial charge in [0.2, 0.25) is 0 Å². The van der Waals surface area contributed by atoms with Gasteiger partial charge in [0.15, 0.2) is 0 Å². The van der Waals surface area contributed by atoms with Gasteiger partial charge in [0.1, 0.15) is 7.22 Å². The number of aliphatic imine (C=N–C) groups is 1. The van der Waals surface area contributed by atoms with Crippen LogP contribution in [-0.4, -0.2) is 19.7 Å². The number of hydrogen-bond donors (Lipinski definition) is 0. The number of ether oxygens (including phenoxy) is 1. The Hall–Kier alpha value is -0.893. The highest BCUT2D eigenvalue weighted by molar-refractivity contribution is 8.32. The van der Waals surface area contributed by atoms with Crippen molar-refractivity contribution in [2.24, 2.45) is 10.9 Å². The second kappa shape index (κ2) is 9.55. The minimum Gasteiger partial charge on any atom is -0.471 e. The van der Waals surface area contributed by atoms with Gasteiger partial charge in [-0.2, -0.15) is 0 Å². The molecule has 0 aliphatic heterocycles. The highest BCUT2D eigenvalue weighted by atomic mass is 35.5. The molecule has 1 aliphatic carbocycles. The molecule has 0 amide bonds. The molecule has 24 heavy (non-hydrogen) atoms. The second-order valence-electron chi connectivity index (χ2n) is 7.15. The van der Waals surface area contributed by atoms with Gasteiger partial charge in [0.25, 0.3) is 5.90 Å². The van der Waals surface area contributed by atoms with Gasteiger partial charge in [-0.3, -0.25) is 0 Å². The fraction of sp³-hybridized carbons (Fsp3) is 0.526. The molecular weight excluding hydrogens is 354 g/mol. The van der Waals surface area contributed by atoms with Gasteiger partial charge in [-0.15, -0.1) is 11.2 Å². The lowest BCUT2D eigenvalue weighted by Gasteiger charge is -2.21. The van der Waals surface area contributed by atoms with Crippen LogP contribution in [0, 0.1) is 17.1 Å². The number of halogens is 1. The molecule has 0 atom stereocenters. The second-order valence-corrected chi connectivity index (χ2v) is 16.5. The van der Waals surface area contributed by atoms with Gasteiger partial charge in [0.05, 0.1) is 12.3 Å². The van der Waals surface area contributed by atoms with E-state index in [9.17, 15) is 0 Å². The lowest BCUT2D eigenvalue weighted by Crippen LogP contribution is -2.16. The van der Waals surface area contributed by atoms with Crippen molar-refractivity contribution in [3.8, 4) is 11.2 Å². The SMILES string of the molecule is C[Si](C)(C)SC#CC(=Nc1ccc(Cl)cc1)OCC1CCCCC1. The molecule has 1 saturated carbocycles.